The molecule has 0 saturated heterocycles. The first-order valence-electron chi connectivity index (χ1n) is 6.38. The third kappa shape index (κ3) is 2.79. The van der Waals surface area contributed by atoms with Gasteiger partial charge in [-0.1, -0.05) is 20.3 Å². The van der Waals surface area contributed by atoms with E-state index in [0.29, 0.717) is 17.9 Å². The smallest absolute Gasteiger partial charge is 0.182 e. The summed E-state index contributed by atoms with van der Waals surface area (Å²) in [4.78, 5) is 0. The van der Waals surface area contributed by atoms with E-state index in [1.807, 2.05) is 0 Å². The number of hydrogen-bond donors (Lipinski definition) is 1. The topological polar surface area (TPSA) is 12.0 Å². The Morgan fingerprint density at radius 1 is 1.11 bits per heavy atom. The Hall–Kier alpha value is -1.19. The predicted octanol–water partition coefficient (Wildman–Crippen LogP) is 4.34. The molecular weight excluding hydrogens is 239 g/mol. The molecule has 1 aromatic rings. The SMILES string of the molecule is CC1CCC(C)C(Nc2cc(F)cc(F)c2F)C1. The summed E-state index contributed by atoms with van der Waals surface area (Å²) >= 11 is 0. The number of rotatable bonds is 2. The lowest BCUT2D eigenvalue weighted by Gasteiger charge is -2.34. The van der Waals surface area contributed by atoms with Gasteiger partial charge in [-0.3, -0.25) is 0 Å². The van der Waals surface area contributed by atoms with Gasteiger partial charge in [0.1, 0.15) is 5.82 Å². The van der Waals surface area contributed by atoms with Gasteiger partial charge in [0.05, 0.1) is 5.69 Å². The first kappa shape index (κ1) is 13.2. The second-order valence-corrected chi connectivity index (χ2v) is 5.40. The third-order valence-electron chi connectivity index (χ3n) is 3.79. The summed E-state index contributed by atoms with van der Waals surface area (Å²) in [5, 5.41) is 2.96. The van der Waals surface area contributed by atoms with Crippen LogP contribution in [0.4, 0.5) is 18.9 Å². The highest BCUT2D eigenvalue weighted by molar-refractivity contribution is 5.46. The maximum atomic E-state index is 13.6. The molecule has 1 N–H and O–H groups in total. The van der Waals surface area contributed by atoms with Crippen LogP contribution < -0.4 is 5.32 Å². The van der Waals surface area contributed by atoms with Crippen LogP contribution in [-0.2, 0) is 0 Å². The van der Waals surface area contributed by atoms with Gasteiger partial charge in [-0.15, -0.1) is 0 Å². The van der Waals surface area contributed by atoms with Crippen LogP contribution in [0.1, 0.15) is 33.1 Å². The van der Waals surface area contributed by atoms with E-state index in [1.54, 1.807) is 0 Å². The van der Waals surface area contributed by atoms with Crippen LogP contribution in [-0.4, -0.2) is 6.04 Å². The highest BCUT2D eigenvalue weighted by Crippen LogP contribution is 2.31. The fraction of sp³-hybridized carbons (Fsp3) is 0.571. The van der Waals surface area contributed by atoms with Crippen molar-refractivity contribution in [2.45, 2.75) is 39.2 Å². The van der Waals surface area contributed by atoms with E-state index in [0.717, 1.165) is 25.3 Å². The van der Waals surface area contributed by atoms with E-state index >= 15 is 0 Å². The molecule has 1 aliphatic carbocycles. The first-order chi connectivity index (χ1) is 8.47. The molecule has 3 atom stereocenters. The van der Waals surface area contributed by atoms with Gasteiger partial charge in [0.2, 0.25) is 0 Å². The monoisotopic (exact) mass is 257 g/mol. The summed E-state index contributed by atoms with van der Waals surface area (Å²) in [5.74, 6) is -1.96. The zero-order chi connectivity index (χ0) is 13.3. The largest absolute Gasteiger partial charge is 0.379 e. The molecule has 100 valence electrons. The van der Waals surface area contributed by atoms with Crippen molar-refractivity contribution in [2.24, 2.45) is 11.8 Å². The van der Waals surface area contributed by atoms with E-state index in [-0.39, 0.29) is 11.7 Å². The van der Waals surface area contributed by atoms with Crippen LogP contribution in [0.5, 0.6) is 0 Å². The van der Waals surface area contributed by atoms with Gasteiger partial charge in [0.15, 0.2) is 11.6 Å². The van der Waals surface area contributed by atoms with Crippen molar-refractivity contribution >= 4 is 5.69 Å². The maximum absolute atomic E-state index is 13.6. The van der Waals surface area contributed by atoms with Crippen LogP contribution in [0, 0.1) is 29.3 Å². The number of hydrogen-bond acceptors (Lipinski definition) is 1. The van der Waals surface area contributed by atoms with Gasteiger partial charge in [0, 0.05) is 18.2 Å². The molecule has 4 heteroatoms. The van der Waals surface area contributed by atoms with Crippen molar-refractivity contribution in [3.05, 3.63) is 29.6 Å². The first-order valence-corrected chi connectivity index (χ1v) is 6.38. The highest BCUT2D eigenvalue weighted by Gasteiger charge is 2.26. The van der Waals surface area contributed by atoms with Crippen LogP contribution in [0.3, 0.4) is 0 Å². The Bertz CT molecular complexity index is 433. The summed E-state index contributed by atoms with van der Waals surface area (Å²) in [6.45, 7) is 4.22. The standard InChI is InChI=1S/C14H18F3N/c1-8-3-4-9(2)12(5-8)18-13-7-10(15)6-11(16)14(13)17/h6-9,12,18H,3-5H2,1-2H3. The Morgan fingerprint density at radius 2 is 1.83 bits per heavy atom. The van der Waals surface area contributed by atoms with Gasteiger partial charge < -0.3 is 5.32 Å². The quantitative estimate of drug-likeness (QED) is 0.777. The van der Waals surface area contributed by atoms with Gasteiger partial charge in [-0.2, -0.15) is 0 Å². The van der Waals surface area contributed by atoms with E-state index in [9.17, 15) is 13.2 Å². The molecule has 0 aliphatic heterocycles. The molecule has 0 aromatic heterocycles. The second-order valence-electron chi connectivity index (χ2n) is 5.40. The highest BCUT2D eigenvalue weighted by atomic mass is 19.2. The number of anilines is 1. The van der Waals surface area contributed by atoms with Crippen molar-refractivity contribution in [2.75, 3.05) is 5.32 Å². The Balaban J connectivity index is 2.18. The fourth-order valence-corrected chi connectivity index (χ4v) is 2.59. The van der Waals surface area contributed by atoms with Crippen molar-refractivity contribution in [1.29, 1.82) is 0 Å². The summed E-state index contributed by atoms with van der Waals surface area (Å²) < 4.78 is 39.8. The number of nitrogens with one attached hydrogen (secondary N) is 1. The molecule has 1 aromatic carbocycles. The van der Waals surface area contributed by atoms with Gasteiger partial charge in [-0.05, 0) is 24.7 Å². The summed E-state index contributed by atoms with van der Waals surface area (Å²) in [6.07, 6.45) is 3.11. The molecule has 2 rings (SSSR count). The van der Waals surface area contributed by atoms with Crippen molar-refractivity contribution < 1.29 is 13.2 Å². The molecule has 0 bridgehead atoms. The minimum Gasteiger partial charge on any atom is -0.379 e. The molecule has 0 spiro atoms. The fourth-order valence-electron chi connectivity index (χ4n) is 2.59. The van der Waals surface area contributed by atoms with Gasteiger partial charge in [-0.25, -0.2) is 13.2 Å². The molecule has 0 radical (unpaired) electrons. The summed E-state index contributed by atoms with van der Waals surface area (Å²) in [6, 6.07) is 1.65. The van der Waals surface area contributed by atoms with Gasteiger partial charge in [0.25, 0.3) is 0 Å². The van der Waals surface area contributed by atoms with Crippen molar-refractivity contribution in [1.82, 2.24) is 0 Å². The molecule has 1 saturated carbocycles. The Labute approximate surface area is 105 Å². The molecule has 1 aliphatic rings. The van der Waals surface area contributed by atoms with Crippen LogP contribution in [0.2, 0.25) is 0 Å². The predicted molar refractivity (Wildman–Crippen MR) is 65.9 cm³/mol. The molecule has 1 fully saturated rings. The molecular formula is C14H18F3N. The molecule has 0 heterocycles. The summed E-state index contributed by atoms with van der Waals surface area (Å²) in [5.41, 5.74) is -0.0709. The average Bonchev–Trinajstić information content (AvgIpc) is 2.30. The van der Waals surface area contributed by atoms with Crippen molar-refractivity contribution in [3.8, 4) is 0 Å². The van der Waals surface area contributed by atoms with Crippen LogP contribution in [0.25, 0.3) is 0 Å². The van der Waals surface area contributed by atoms with Crippen LogP contribution in [0.15, 0.2) is 12.1 Å². The maximum Gasteiger partial charge on any atom is 0.182 e. The molecule has 0 amide bonds. The van der Waals surface area contributed by atoms with Crippen LogP contribution >= 0.6 is 0 Å². The van der Waals surface area contributed by atoms with E-state index < -0.39 is 17.5 Å². The third-order valence-corrected chi connectivity index (χ3v) is 3.79. The number of halogens is 3. The minimum absolute atomic E-state index is 0.0709. The Morgan fingerprint density at radius 3 is 2.56 bits per heavy atom. The van der Waals surface area contributed by atoms with E-state index in [2.05, 4.69) is 19.2 Å². The second kappa shape index (κ2) is 5.21. The molecule has 18 heavy (non-hydrogen) atoms. The zero-order valence-electron chi connectivity index (χ0n) is 10.6. The number of benzene rings is 1. The Kier molecular flexibility index (Phi) is 3.83. The lowest BCUT2D eigenvalue weighted by atomic mass is 9.80. The van der Waals surface area contributed by atoms with E-state index in [4.69, 9.17) is 0 Å². The minimum atomic E-state index is -1.14. The van der Waals surface area contributed by atoms with Gasteiger partial charge >= 0.3 is 0 Å². The lowest BCUT2D eigenvalue weighted by molar-refractivity contribution is 0.280. The summed E-state index contributed by atoms with van der Waals surface area (Å²) in [7, 11) is 0. The zero-order valence-corrected chi connectivity index (χ0v) is 10.6. The van der Waals surface area contributed by atoms with E-state index in [1.165, 1.54) is 0 Å². The van der Waals surface area contributed by atoms with Crippen molar-refractivity contribution in [3.63, 3.8) is 0 Å². The molecule has 1 nitrogen and oxygen atoms in total. The normalized spacial score (nSPS) is 28.2. The lowest BCUT2D eigenvalue weighted by Crippen LogP contribution is -2.33. The molecule has 3 unspecified atom stereocenters. The average molecular weight is 257 g/mol.